The second-order valence-electron chi connectivity index (χ2n) is 5.16. The van der Waals surface area contributed by atoms with Crippen molar-refractivity contribution in [3.05, 3.63) is 29.8 Å². The first-order valence-electron chi connectivity index (χ1n) is 7.22. The molecule has 0 aliphatic carbocycles. The molecule has 2 amide bonds. The number of benzene rings is 1. The van der Waals surface area contributed by atoms with E-state index in [1.165, 1.54) is 0 Å². The van der Waals surface area contributed by atoms with Gasteiger partial charge in [0, 0.05) is 18.3 Å². The molecule has 0 radical (unpaired) electrons. The summed E-state index contributed by atoms with van der Waals surface area (Å²) in [6, 6.07) is 7.75. The highest BCUT2D eigenvalue weighted by Crippen LogP contribution is 2.34. The van der Waals surface area contributed by atoms with E-state index in [1.807, 2.05) is 31.2 Å². The lowest BCUT2D eigenvalue weighted by atomic mass is 9.79. The Labute approximate surface area is 119 Å². The zero-order valence-electron chi connectivity index (χ0n) is 12.0. The van der Waals surface area contributed by atoms with Crippen LogP contribution in [0.15, 0.2) is 24.3 Å². The molecule has 20 heavy (non-hydrogen) atoms. The molecule has 2 unspecified atom stereocenters. The first-order chi connectivity index (χ1) is 9.65. The van der Waals surface area contributed by atoms with Gasteiger partial charge in [-0.15, -0.1) is 0 Å². The number of piperidine rings is 1. The van der Waals surface area contributed by atoms with E-state index in [2.05, 4.69) is 12.2 Å². The summed E-state index contributed by atoms with van der Waals surface area (Å²) in [5, 5.41) is 2.42. The maximum Gasteiger partial charge on any atom is 0.230 e. The van der Waals surface area contributed by atoms with Crippen molar-refractivity contribution in [1.82, 2.24) is 5.32 Å². The zero-order chi connectivity index (χ0) is 14.5. The fourth-order valence-electron chi connectivity index (χ4n) is 2.66. The van der Waals surface area contributed by atoms with Crippen LogP contribution in [0.3, 0.4) is 0 Å². The molecule has 2 atom stereocenters. The Bertz CT molecular complexity index is 481. The van der Waals surface area contributed by atoms with Crippen molar-refractivity contribution in [3.63, 3.8) is 0 Å². The summed E-state index contributed by atoms with van der Waals surface area (Å²) < 4.78 is 5.55. The standard InChI is InChI=1S/C16H21NO3/c1-3-9-20-12-7-5-11(6-8-12)14-10-15(18)17-16(19)13(14)4-2/h5-8,13-14H,3-4,9-10H2,1-2H3,(H,17,18,19). The van der Waals surface area contributed by atoms with Gasteiger partial charge in [-0.2, -0.15) is 0 Å². The summed E-state index contributed by atoms with van der Waals surface area (Å²) in [4.78, 5) is 23.4. The van der Waals surface area contributed by atoms with Crippen molar-refractivity contribution in [2.24, 2.45) is 5.92 Å². The average molecular weight is 275 g/mol. The van der Waals surface area contributed by atoms with Crippen LogP contribution in [0.25, 0.3) is 0 Å². The monoisotopic (exact) mass is 275 g/mol. The molecule has 0 saturated carbocycles. The lowest BCUT2D eigenvalue weighted by Crippen LogP contribution is -2.44. The van der Waals surface area contributed by atoms with E-state index in [9.17, 15) is 9.59 Å². The third kappa shape index (κ3) is 3.18. The number of amides is 2. The van der Waals surface area contributed by atoms with E-state index in [1.54, 1.807) is 0 Å². The van der Waals surface area contributed by atoms with E-state index in [4.69, 9.17) is 4.74 Å². The Kier molecular flexibility index (Phi) is 4.77. The van der Waals surface area contributed by atoms with Crippen molar-refractivity contribution in [3.8, 4) is 5.75 Å². The molecule has 1 saturated heterocycles. The van der Waals surface area contributed by atoms with Crippen molar-refractivity contribution < 1.29 is 14.3 Å². The predicted octanol–water partition coefficient (Wildman–Crippen LogP) is 2.63. The lowest BCUT2D eigenvalue weighted by molar-refractivity contribution is -0.137. The van der Waals surface area contributed by atoms with E-state index in [-0.39, 0.29) is 23.7 Å². The van der Waals surface area contributed by atoms with Gasteiger partial charge in [-0.05, 0) is 30.5 Å². The van der Waals surface area contributed by atoms with Crippen LogP contribution in [0.1, 0.15) is 44.6 Å². The summed E-state index contributed by atoms with van der Waals surface area (Å²) in [6.45, 7) is 4.74. The van der Waals surface area contributed by atoms with Crippen molar-refractivity contribution in [1.29, 1.82) is 0 Å². The molecule has 1 aliphatic rings. The number of rotatable bonds is 5. The van der Waals surface area contributed by atoms with Crippen LogP contribution < -0.4 is 10.1 Å². The Morgan fingerprint density at radius 3 is 2.50 bits per heavy atom. The number of hydrogen-bond donors (Lipinski definition) is 1. The maximum absolute atomic E-state index is 11.9. The first-order valence-corrected chi connectivity index (χ1v) is 7.22. The maximum atomic E-state index is 11.9. The number of carbonyl (C=O) groups excluding carboxylic acids is 2. The molecular formula is C16H21NO3. The minimum atomic E-state index is -0.184. The molecular weight excluding hydrogens is 254 g/mol. The molecule has 1 aromatic carbocycles. The smallest absolute Gasteiger partial charge is 0.230 e. The van der Waals surface area contributed by atoms with Gasteiger partial charge >= 0.3 is 0 Å². The molecule has 1 fully saturated rings. The largest absolute Gasteiger partial charge is 0.494 e. The minimum Gasteiger partial charge on any atom is -0.494 e. The van der Waals surface area contributed by atoms with Crippen LogP contribution in [-0.2, 0) is 9.59 Å². The van der Waals surface area contributed by atoms with Crippen LogP contribution >= 0.6 is 0 Å². The van der Waals surface area contributed by atoms with Crippen molar-refractivity contribution in [2.45, 2.75) is 39.0 Å². The van der Waals surface area contributed by atoms with E-state index in [0.29, 0.717) is 13.0 Å². The van der Waals surface area contributed by atoms with Crippen LogP contribution in [0.4, 0.5) is 0 Å². The SMILES string of the molecule is CCCOc1ccc(C2CC(=O)NC(=O)C2CC)cc1. The van der Waals surface area contributed by atoms with Gasteiger partial charge in [0.2, 0.25) is 11.8 Å². The quantitative estimate of drug-likeness (QED) is 0.840. The van der Waals surface area contributed by atoms with E-state index in [0.717, 1.165) is 24.2 Å². The number of nitrogens with one attached hydrogen (secondary N) is 1. The second-order valence-corrected chi connectivity index (χ2v) is 5.16. The number of imide groups is 1. The van der Waals surface area contributed by atoms with Gasteiger partial charge in [0.05, 0.1) is 6.61 Å². The van der Waals surface area contributed by atoms with Crippen molar-refractivity contribution in [2.75, 3.05) is 6.61 Å². The first kappa shape index (κ1) is 14.6. The highest BCUT2D eigenvalue weighted by molar-refractivity contribution is 5.99. The van der Waals surface area contributed by atoms with Crippen LogP contribution in [0.2, 0.25) is 0 Å². The Balaban J connectivity index is 2.15. The molecule has 1 N–H and O–H groups in total. The molecule has 1 aliphatic heterocycles. The van der Waals surface area contributed by atoms with Gasteiger partial charge in [-0.25, -0.2) is 0 Å². The summed E-state index contributed by atoms with van der Waals surface area (Å²) >= 11 is 0. The molecule has 4 heteroatoms. The van der Waals surface area contributed by atoms with Gasteiger partial charge < -0.3 is 4.74 Å². The Morgan fingerprint density at radius 2 is 1.90 bits per heavy atom. The van der Waals surface area contributed by atoms with Crippen LogP contribution in [0.5, 0.6) is 5.75 Å². The molecule has 2 rings (SSSR count). The summed E-state index contributed by atoms with van der Waals surface area (Å²) in [7, 11) is 0. The lowest BCUT2D eigenvalue weighted by Gasteiger charge is -2.29. The highest BCUT2D eigenvalue weighted by atomic mass is 16.5. The summed E-state index contributed by atoms with van der Waals surface area (Å²) in [6.07, 6.45) is 2.08. The predicted molar refractivity (Wildman–Crippen MR) is 76.5 cm³/mol. The molecule has 0 bridgehead atoms. The fraction of sp³-hybridized carbons (Fsp3) is 0.500. The Morgan fingerprint density at radius 1 is 1.20 bits per heavy atom. The van der Waals surface area contributed by atoms with Crippen LogP contribution in [0, 0.1) is 5.92 Å². The Hall–Kier alpha value is -1.84. The van der Waals surface area contributed by atoms with Gasteiger partial charge in [-0.3, -0.25) is 14.9 Å². The second kappa shape index (κ2) is 6.55. The van der Waals surface area contributed by atoms with E-state index >= 15 is 0 Å². The van der Waals surface area contributed by atoms with Crippen LogP contribution in [-0.4, -0.2) is 18.4 Å². The fourth-order valence-corrected chi connectivity index (χ4v) is 2.66. The molecule has 108 valence electrons. The third-order valence-electron chi connectivity index (χ3n) is 3.71. The molecule has 0 aromatic heterocycles. The summed E-state index contributed by atoms with van der Waals surface area (Å²) in [5.41, 5.74) is 1.03. The van der Waals surface area contributed by atoms with E-state index < -0.39 is 0 Å². The molecule has 0 spiro atoms. The summed E-state index contributed by atoms with van der Waals surface area (Å²) in [5.74, 6) is 0.336. The van der Waals surface area contributed by atoms with Crippen molar-refractivity contribution >= 4 is 11.8 Å². The van der Waals surface area contributed by atoms with Gasteiger partial charge in [0.15, 0.2) is 0 Å². The number of carbonyl (C=O) groups is 2. The van der Waals surface area contributed by atoms with Gasteiger partial charge in [0.1, 0.15) is 5.75 Å². The zero-order valence-corrected chi connectivity index (χ0v) is 12.0. The number of hydrogen-bond acceptors (Lipinski definition) is 3. The molecule has 4 nitrogen and oxygen atoms in total. The average Bonchev–Trinajstić information content (AvgIpc) is 2.45. The minimum absolute atomic E-state index is 0.0264. The normalized spacial score (nSPS) is 22.5. The molecule has 1 heterocycles. The van der Waals surface area contributed by atoms with Gasteiger partial charge in [-0.1, -0.05) is 26.0 Å². The molecule has 1 aromatic rings. The third-order valence-corrected chi connectivity index (χ3v) is 3.71. The highest BCUT2D eigenvalue weighted by Gasteiger charge is 2.35. The number of ether oxygens (including phenoxy) is 1. The van der Waals surface area contributed by atoms with Gasteiger partial charge in [0.25, 0.3) is 0 Å². The topological polar surface area (TPSA) is 55.4 Å².